The van der Waals surface area contributed by atoms with Crippen molar-refractivity contribution in [3.8, 4) is 5.75 Å². The average Bonchev–Trinajstić information content (AvgIpc) is 2.42. The van der Waals surface area contributed by atoms with Crippen molar-refractivity contribution in [3.63, 3.8) is 0 Å². The number of guanidine groups is 1. The Hall–Kier alpha value is -0.760. The van der Waals surface area contributed by atoms with E-state index >= 15 is 0 Å². The number of ether oxygens (including phenoxy) is 1. The first-order valence-corrected chi connectivity index (χ1v) is 6.93. The van der Waals surface area contributed by atoms with Gasteiger partial charge in [0.05, 0.1) is 7.11 Å². The normalized spacial score (nSPS) is 10.6. The lowest BCUT2D eigenvalue weighted by Gasteiger charge is -2.08. The summed E-state index contributed by atoms with van der Waals surface area (Å²) in [4.78, 5) is 4.24. The zero-order chi connectivity index (χ0) is 14.1. The summed E-state index contributed by atoms with van der Waals surface area (Å²) in [6.45, 7) is 4.93. The molecule has 0 saturated carbocycles. The third-order valence-corrected chi connectivity index (χ3v) is 3.06. The summed E-state index contributed by atoms with van der Waals surface area (Å²) < 4.78 is 6.36. The van der Waals surface area contributed by atoms with Crippen LogP contribution in [-0.4, -0.2) is 26.2 Å². The third kappa shape index (κ3) is 7.14. The van der Waals surface area contributed by atoms with Crippen molar-refractivity contribution in [2.24, 2.45) is 10.7 Å². The van der Waals surface area contributed by atoms with E-state index in [4.69, 9.17) is 10.5 Å². The van der Waals surface area contributed by atoms with Crippen molar-refractivity contribution >= 4 is 45.9 Å². The fourth-order valence-corrected chi connectivity index (χ4v) is 1.97. The van der Waals surface area contributed by atoms with E-state index in [1.54, 1.807) is 13.2 Å². The highest BCUT2D eigenvalue weighted by Gasteiger charge is 2.03. The van der Waals surface area contributed by atoms with Crippen LogP contribution in [0.25, 0.3) is 0 Å². The summed E-state index contributed by atoms with van der Waals surface area (Å²) >= 11 is 3.43. The van der Waals surface area contributed by atoms with E-state index in [0.29, 0.717) is 19.0 Å². The molecule has 1 aromatic rings. The van der Waals surface area contributed by atoms with Crippen molar-refractivity contribution in [1.82, 2.24) is 5.32 Å². The molecule has 0 spiro atoms. The number of hydrogen-bond donors (Lipinski definition) is 2. The maximum absolute atomic E-state index is 5.68. The minimum atomic E-state index is 0. The predicted molar refractivity (Wildman–Crippen MR) is 99.1 cm³/mol. The molecule has 0 aliphatic carbocycles. The molecule has 4 nitrogen and oxygen atoms in total. The molecular weight excluding hydrogens is 433 g/mol. The second-order valence-electron chi connectivity index (χ2n) is 4.00. The van der Waals surface area contributed by atoms with Gasteiger partial charge in [0.15, 0.2) is 5.96 Å². The molecule has 0 unspecified atom stereocenters. The lowest BCUT2D eigenvalue weighted by Crippen LogP contribution is -2.31. The van der Waals surface area contributed by atoms with Crippen LogP contribution in [0.15, 0.2) is 40.3 Å². The smallest absolute Gasteiger partial charge is 0.188 e. The summed E-state index contributed by atoms with van der Waals surface area (Å²) in [5, 5.41) is 2.94. The standard InChI is InChI=1S/C14H20BrN3O.HI/c1-3-8-17-14(16)18-9-4-5-11-6-7-12(15)10-13(11)19-2;/h3,6-7,10H,1,4-5,8-9H2,2H3,(H3,16,17,18);1H. The summed E-state index contributed by atoms with van der Waals surface area (Å²) in [7, 11) is 1.68. The Morgan fingerprint density at radius 3 is 2.95 bits per heavy atom. The van der Waals surface area contributed by atoms with Gasteiger partial charge in [0.25, 0.3) is 0 Å². The fraction of sp³-hybridized carbons (Fsp3) is 0.357. The van der Waals surface area contributed by atoms with Gasteiger partial charge in [0, 0.05) is 17.6 Å². The minimum absolute atomic E-state index is 0. The number of nitrogens with two attached hydrogens (primary N) is 1. The third-order valence-electron chi connectivity index (χ3n) is 2.56. The van der Waals surface area contributed by atoms with E-state index in [1.165, 1.54) is 5.56 Å². The molecule has 1 rings (SSSR count). The molecule has 112 valence electrons. The van der Waals surface area contributed by atoms with Crippen LogP contribution in [0.1, 0.15) is 12.0 Å². The first kappa shape index (κ1) is 19.2. The van der Waals surface area contributed by atoms with E-state index in [-0.39, 0.29) is 24.0 Å². The van der Waals surface area contributed by atoms with Crippen LogP contribution < -0.4 is 15.8 Å². The van der Waals surface area contributed by atoms with Gasteiger partial charge in [-0.3, -0.25) is 4.99 Å². The number of benzene rings is 1. The van der Waals surface area contributed by atoms with Gasteiger partial charge >= 0.3 is 0 Å². The van der Waals surface area contributed by atoms with Gasteiger partial charge in [-0.25, -0.2) is 0 Å². The van der Waals surface area contributed by atoms with Crippen molar-refractivity contribution in [1.29, 1.82) is 0 Å². The highest BCUT2D eigenvalue weighted by Crippen LogP contribution is 2.24. The van der Waals surface area contributed by atoms with Crippen LogP contribution >= 0.6 is 39.9 Å². The van der Waals surface area contributed by atoms with Crippen LogP contribution in [0.3, 0.4) is 0 Å². The van der Waals surface area contributed by atoms with Crippen LogP contribution in [0.4, 0.5) is 0 Å². The van der Waals surface area contributed by atoms with E-state index < -0.39 is 0 Å². The Morgan fingerprint density at radius 2 is 2.30 bits per heavy atom. The number of aryl methyl sites for hydroxylation is 1. The lowest BCUT2D eigenvalue weighted by atomic mass is 10.1. The van der Waals surface area contributed by atoms with Crippen LogP contribution in [0.5, 0.6) is 5.75 Å². The number of nitrogens with one attached hydrogen (secondary N) is 1. The average molecular weight is 454 g/mol. The zero-order valence-electron chi connectivity index (χ0n) is 11.6. The number of aliphatic imine (C=N–C) groups is 1. The molecular formula is C14H21BrIN3O. The van der Waals surface area contributed by atoms with E-state index in [1.807, 2.05) is 12.1 Å². The second-order valence-corrected chi connectivity index (χ2v) is 4.91. The Balaban J connectivity index is 0.00000361. The minimum Gasteiger partial charge on any atom is -0.496 e. The molecule has 1 aromatic carbocycles. The Morgan fingerprint density at radius 1 is 1.55 bits per heavy atom. The second kappa shape index (κ2) is 11.0. The Labute approximate surface area is 146 Å². The molecule has 0 saturated heterocycles. The molecule has 0 bridgehead atoms. The number of methoxy groups -OCH3 is 1. The molecule has 0 aromatic heterocycles. The largest absolute Gasteiger partial charge is 0.496 e. The summed E-state index contributed by atoms with van der Waals surface area (Å²) in [6, 6.07) is 6.05. The van der Waals surface area contributed by atoms with E-state index in [9.17, 15) is 0 Å². The van der Waals surface area contributed by atoms with E-state index in [2.05, 4.69) is 38.9 Å². The van der Waals surface area contributed by atoms with Crippen molar-refractivity contribution in [2.75, 3.05) is 20.2 Å². The topological polar surface area (TPSA) is 59.6 Å². The molecule has 3 N–H and O–H groups in total. The SMILES string of the molecule is C=CCNC(N)=NCCCc1ccc(Br)cc1OC.I. The van der Waals surface area contributed by atoms with Crippen molar-refractivity contribution in [2.45, 2.75) is 12.8 Å². The van der Waals surface area contributed by atoms with Crippen molar-refractivity contribution in [3.05, 3.63) is 40.9 Å². The monoisotopic (exact) mass is 453 g/mol. The van der Waals surface area contributed by atoms with Gasteiger partial charge in [0.1, 0.15) is 5.75 Å². The molecule has 0 aliphatic rings. The molecule has 0 atom stereocenters. The Bertz CT molecular complexity index is 452. The predicted octanol–water partition coefficient (Wildman–Crippen LogP) is 3.10. The summed E-state index contributed by atoms with van der Waals surface area (Å²) in [5.74, 6) is 1.36. The maximum atomic E-state index is 5.68. The van der Waals surface area contributed by atoms with Gasteiger partial charge in [0.2, 0.25) is 0 Å². The van der Waals surface area contributed by atoms with Crippen LogP contribution in [-0.2, 0) is 6.42 Å². The van der Waals surface area contributed by atoms with Gasteiger partial charge in [-0.2, -0.15) is 0 Å². The van der Waals surface area contributed by atoms with E-state index in [0.717, 1.165) is 23.1 Å². The summed E-state index contributed by atoms with van der Waals surface area (Å²) in [5.41, 5.74) is 6.85. The number of hydrogen-bond acceptors (Lipinski definition) is 2. The number of halogens is 2. The number of nitrogens with zero attached hydrogens (tertiary/aromatic N) is 1. The lowest BCUT2D eigenvalue weighted by molar-refractivity contribution is 0.409. The molecule has 0 radical (unpaired) electrons. The maximum Gasteiger partial charge on any atom is 0.188 e. The molecule has 0 aliphatic heterocycles. The quantitative estimate of drug-likeness (QED) is 0.219. The first-order chi connectivity index (χ1) is 9.17. The molecule has 0 fully saturated rings. The Kier molecular flexibility index (Phi) is 10.5. The zero-order valence-corrected chi connectivity index (χ0v) is 15.5. The fourth-order valence-electron chi connectivity index (χ4n) is 1.63. The van der Waals surface area contributed by atoms with Gasteiger partial charge < -0.3 is 15.8 Å². The van der Waals surface area contributed by atoms with Crippen LogP contribution in [0, 0.1) is 0 Å². The molecule has 20 heavy (non-hydrogen) atoms. The van der Waals surface area contributed by atoms with Crippen LogP contribution in [0.2, 0.25) is 0 Å². The van der Waals surface area contributed by atoms with Gasteiger partial charge in [-0.15, -0.1) is 30.6 Å². The highest BCUT2D eigenvalue weighted by molar-refractivity contribution is 14.0. The molecule has 6 heteroatoms. The van der Waals surface area contributed by atoms with Crippen molar-refractivity contribution < 1.29 is 4.74 Å². The molecule has 0 amide bonds. The first-order valence-electron chi connectivity index (χ1n) is 6.14. The molecule has 0 heterocycles. The highest BCUT2D eigenvalue weighted by atomic mass is 127. The summed E-state index contributed by atoms with van der Waals surface area (Å²) in [6.07, 6.45) is 3.58. The van der Waals surface area contributed by atoms with Gasteiger partial charge in [-0.1, -0.05) is 28.1 Å². The number of rotatable bonds is 7. The van der Waals surface area contributed by atoms with Gasteiger partial charge in [-0.05, 0) is 30.5 Å².